The quantitative estimate of drug-likeness (QED) is 0.835. The standard InChI is InChI=1S/C16H34N2O/c1-12(2)19-10-9-18(6)15-11-13(16(3,4)5)7-8-14(15)17/h12-15H,7-11,17H2,1-6H3. The summed E-state index contributed by atoms with van der Waals surface area (Å²) in [6.45, 7) is 13.0. The molecule has 0 aromatic carbocycles. The van der Waals surface area contributed by atoms with Crippen LogP contribution in [0.3, 0.4) is 0 Å². The van der Waals surface area contributed by atoms with E-state index < -0.39 is 0 Å². The Morgan fingerprint density at radius 1 is 1.26 bits per heavy atom. The first-order valence-electron chi connectivity index (χ1n) is 7.79. The van der Waals surface area contributed by atoms with Crippen molar-refractivity contribution in [2.45, 2.75) is 72.1 Å². The second-order valence-corrected chi connectivity index (χ2v) is 7.51. The molecule has 0 radical (unpaired) electrons. The minimum absolute atomic E-state index is 0.316. The third-order valence-electron chi connectivity index (χ3n) is 4.55. The van der Waals surface area contributed by atoms with Crippen molar-refractivity contribution in [1.29, 1.82) is 0 Å². The molecular weight excluding hydrogens is 236 g/mol. The van der Waals surface area contributed by atoms with E-state index in [0.717, 1.165) is 25.5 Å². The Morgan fingerprint density at radius 2 is 1.89 bits per heavy atom. The van der Waals surface area contributed by atoms with Gasteiger partial charge in [0.05, 0.1) is 12.7 Å². The van der Waals surface area contributed by atoms with Gasteiger partial charge in [0.15, 0.2) is 0 Å². The van der Waals surface area contributed by atoms with E-state index >= 15 is 0 Å². The van der Waals surface area contributed by atoms with Crippen LogP contribution in [-0.4, -0.2) is 43.3 Å². The third kappa shape index (κ3) is 5.41. The van der Waals surface area contributed by atoms with Gasteiger partial charge in [0.2, 0.25) is 0 Å². The van der Waals surface area contributed by atoms with Crippen molar-refractivity contribution >= 4 is 0 Å². The molecule has 114 valence electrons. The number of nitrogens with two attached hydrogens (primary N) is 1. The summed E-state index contributed by atoms with van der Waals surface area (Å²) < 4.78 is 5.65. The molecule has 19 heavy (non-hydrogen) atoms. The van der Waals surface area contributed by atoms with Crippen LogP contribution in [0.1, 0.15) is 53.9 Å². The van der Waals surface area contributed by atoms with Gasteiger partial charge in [0.25, 0.3) is 0 Å². The molecule has 3 heteroatoms. The van der Waals surface area contributed by atoms with Crippen LogP contribution in [0.25, 0.3) is 0 Å². The first-order valence-corrected chi connectivity index (χ1v) is 7.79. The summed E-state index contributed by atoms with van der Waals surface area (Å²) in [6.07, 6.45) is 3.97. The lowest BCUT2D eigenvalue weighted by Crippen LogP contribution is -2.52. The van der Waals surface area contributed by atoms with Gasteiger partial charge in [-0.25, -0.2) is 0 Å². The van der Waals surface area contributed by atoms with Crippen LogP contribution < -0.4 is 5.73 Å². The molecule has 1 aliphatic carbocycles. The van der Waals surface area contributed by atoms with E-state index in [9.17, 15) is 0 Å². The normalized spacial score (nSPS) is 29.2. The highest BCUT2D eigenvalue weighted by Crippen LogP contribution is 2.38. The van der Waals surface area contributed by atoms with E-state index in [0.29, 0.717) is 23.6 Å². The van der Waals surface area contributed by atoms with E-state index in [1.54, 1.807) is 0 Å². The zero-order chi connectivity index (χ0) is 14.6. The molecule has 1 rings (SSSR count). The Labute approximate surface area is 119 Å². The molecule has 0 amide bonds. The van der Waals surface area contributed by atoms with Crippen LogP contribution in [-0.2, 0) is 4.74 Å². The molecule has 3 unspecified atom stereocenters. The molecule has 2 N–H and O–H groups in total. The summed E-state index contributed by atoms with van der Waals surface area (Å²) in [6, 6.07) is 0.830. The van der Waals surface area contributed by atoms with Crippen molar-refractivity contribution in [3.8, 4) is 0 Å². The van der Waals surface area contributed by atoms with E-state index in [2.05, 4.69) is 46.6 Å². The summed E-state index contributed by atoms with van der Waals surface area (Å²) in [4.78, 5) is 2.41. The fourth-order valence-electron chi connectivity index (χ4n) is 3.06. The van der Waals surface area contributed by atoms with Gasteiger partial charge in [-0.2, -0.15) is 0 Å². The molecule has 3 atom stereocenters. The fraction of sp³-hybridized carbons (Fsp3) is 1.00. The second-order valence-electron chi connectivity index (χ2n) is 7.51. The SMILES string of the molecule is CC(C)OCCN(C)C1CC(C(C)(C)C)CCC1N. The van der Waals surface area contributed by atoms with E-state index in [1.807, 2.05) is 0 Å². The lowest BCUT2D eigenvalue weighted by Gasteiger charge is -2.44. The Bertz CT molecular complexity index is 260. The molecular formula is C16H34N2O. The number of rotatable bonds is 5. The van der Waals surface area contributed by atoms with Gasteiger partial charge in [0.1, 0.15) is 0 Å². The molecule has 0 aliphatic heterocycles. The van der Waals surface area contributed by atoms with Crippen molar-refractivity contribution in [1.82, 2.24) is 4.90 Å². The Balaban J connectivity index is 2.49. The molecule has 0 bridgehead atoms. The van der Waals surface area contributed by atoms with Gasteiger partial charge in [-0.3, -0.25) is 4.90 Å². The predicted octanol–water partition coefficient (Wildman–Crippen LogP) is 2.89. The van der Waals surface area contributed by atoms with E-state index in [1.165, 1.54) is 12.8 Å². The number of nitrogens with zero attached hydrogens (tertiary/aromatic N) is 1. The highest BCUT2D eigenvalue weighted by Gasteiger charge is 2.35. The summed E-state index contributed by atoms with van der Waals surface area (Å²) in [5.74, 6) is 0.783. The maximum Gasteiger partial charge on any atom is 0.0596 e. The minimum Gasteiger partial charge on any atom is -0.377 e. The smallest absolute Gasteiger partial charge is 0.0596 e. The lowest BCUT2D eigenvalue weighted by molar-refractivity contribution is 0.0344. The molecule has 0 aromatic heterocycles. The second kappa shape index (κ2) is 7.05. The third-order valence-corrected chi connectivity index (χ3v) is 4.55. The molecule has 0 spiro atoms. The first kappa shape index (κ1) is 16.9. The molecule has 0 aromatic rings. The fourth-order valence-corrected chi connectivity index (χ4v) is 3.06. The zero-order valence-electron chi connectivity index (χ0n) is 13.8. The van der Waals surface area contributed by atoms with Crippen molar-refractivity contribution in [2.75, 3.05) is 20.2 Å². The maximum absolute atomic E-state index is 6.33. The monoisotopic (exact) mass is 270 g/mol. The van der Waals surface area contributed by atoms with Crippen LogP contribution in [0.5, 0.6) is 0 Å². The minimum atomic E-state index is 0.316. The molecule has 0 heterocycles. The van der Waals surface area contributed by atoms with Gasteiger partial charge < -0.3 is 10.5 Å². The van der Waals surface area contributed by atoms with E-state index in [-0.39, 0.29) is 0 Å². The van der Waals surface area contributed by atoms with Gasteiger partial charge >= 0.3 is 0 Å². The number of ether oxygens (including phenoxy) is 1. The van der Waals surface area contributed by atoms with Gasteiger partial charge in [-0.05, 0) is 51.5 Å². The van der Waals surface area contributed by atoms with Gasteiger partial charge in [-0.15, -0.1) is 0 Å². The topological polar surface area (TPSA) is 38.5 Å². The highest BCUT2D eigenvalue weighted by molar-refractivity contribution is 4.91. The summed E-state index contributed by atoms with van der Waals surface area (Å²) in [5, 5.41) is 0. The lowest BCUT2D eigenvalue weighted by atomic mass is 9.69. The summed E-state index contributed by atoms with van der Waals surface area (Å²) >= 11 is 0. The number of likely N-dealkylation sites (N-methyl/N-ethyl adjacent to an activating group) is 1. The summed E-state index contributed by atoms with van der Waals surface area (Å²) in [5.41, 5.74) is 6.73. The van der Waals surface area contributed by atoms with Crippen molar-refractivity contribution < 1.29 is 4.74 Å². The first-order chi connectivity index (χ1) is 8.71. The van der Waals surface area contributed by atoms with Crippen LogP contribution in [0.4, 0.5) is 0 Å². The molecule has 3 nitrogen and oxygen atoms in total. The molecule has 1 aliphatic rings. The van der Waals surface area contributed by atoms with Gasteiger partial charge in [-0.1, -0.05) is 20.8 Å². The van der Waals surface area contributed by atoms with Crippen molar-refractivity contribution in [2.24, 2.45) is 17.1 Å². The Morgan fingerprint density at radius 3 is 2.42 bits per heavy atom. The van der Waals surface area contributed by atoms with Crippen molar-refractivity contribution in [3.05, 3.63) is 0 Å². The average Bonchev–Trinajstić information content (AvgIpc) is 2.27. The van der Waals surface area contributed by atoms with Gasteiger partial charge in [0, 0.05) is 18.6 Å². The number of hydrogen-bond donors (Lipinski definition) is 1. The number of hydrogen-bond acceptors (Lipinski definition) is 3. The van der Waals surface area contributed by atoms with Crippen LogP contribution in [0, 0.1) is 11.3 Å². The molecule has 1 fully saturated rings. The predicted molar refractivity (Wildman–Crippen MR) is 82.3 cm³/mol. The zero-order valence-corrected chi connectivity index (χ0v) is 13.8. The van der Waals surface area contributed by atoms with E-state index in [4.69, 9.17) is 10.5 Å². The van der Waals surface area contributed by atoms with Crippen LogP contribution >= 0.6 is 0 Å². The van der Waals surface area contributed by atoms with Crippen LogP contribution in [0.15, 0.2) is 0 Å². The van der Waals surface area contributed by atoms with Crippen LogP contribution in [0.2, 0.25) is 0 Å². The molecule has 1 saturated carbocycles. The highest BCUT2D eigenvalue weighted by atomic mass is 16.5. The average molecular weight is 270 g/mol. The summed E-state index contributed by atoms with van der Waals surface area (Å²) in [7, 11) is 2.19. The Hall–Kier alpha value is -0.120. The van der Waals surface area contributed by atoms with Crippen molar-refractivity contribution in [3.63, 3.8) is 0 Å². The maximum atomic E-state index is 6.33. The Kier molecular flexibility index (Phi) is 6.28. The molecule has 0 saturated heterocycles. The largest absolute Gasteiger partial charge is 0.377 e.